The van der Waals surface area contributed by atoms with E-state index < -0.39 is 0 Å². The molecule has 3 heteroatoms. The van der Waals surface area contributed by atoms with Crippen LogP contribution in [0.1, 0.15) is 23.3 Å². The van der Waals surface area contributed by atoms with Crippen molar-refractivity contribution in [3.8, 4) is 0 Å². The molecule has 0 saturated heterocycles. The first-order valence-electron chi connectivity index (χ1n) is 6.30. The lowest BCUT2D eigenvalue weighted by molar-refractivity contribution is -0.116. The Hall–Kier alpha value is -1.87. The number of amides is 1. The van der Waals surface area contributed by atoms with Gasteiger partial charge in [-0.15, -0.1) is 11.3 Å². The Morgan fingerprint density at radius 2 is 2.05 bits per heavy atom. The van der Waals surface area contributed by atoms with E-state index in [0.717, 1.165) is 4.88 Å². The molecule has 1 heterocycles. The summed E-state index contributed by atoms with van der Waals surface area (Å²) < 4.78 is 0. The Morgan fingerprint density at radius 1 is 1.26 bits per heavy atom. The maximum Gasteiger partial charge on any atom is 0.244 e. The third kappa shape index (κ3) is 4.38. The Bertz CT molecular complexity index is 531. The number of hydrogen-bond donors (Lipinski definition) is 1. The number of benzene rings is 1. The highest BCUT2D eigenvalue weighted by Gasteiger charge is 2.05. The van der Waals surface area contributed by atoms with Crippen LogP contribution in [0.5, 0.6) is 0 Å². The molecule has 1 N–H and O–H groups in total. The average Bonchev–Trinajstić information content (AvgIpc) is 2.96. The van der Waals surface area contributed by atoms with Gasteiger partial charge in [-0.1, -0.05) is 43.3 Å². The molecule has 1 atom stereocenters. The van der Waals surface area contributed by atoms with E-state index in [1.54, 1.807) is 17.4 Å². The molecule has 1 aromatic heterocycles. The van der Waals surface area contributed by atoms with Gasteiger partial charge in [0.15, 0.2) is 0 Å². The summed E-state index contributed by atoms with van der Waals surface area (Å²) in [7, 11) is 0. The third-order valence-electron chi connectivity index (χ3n) is 2.89. The van der Waals surface area contributed by atoms with Crippen molar-refractivity contribution >= 4 is 23.3 Å². The molecule has 0 radical (unpaired) electrons. The van der Waals surface area contributed by atoms with Crippen molar-refractivity contribution in [1.82, 2.24) is 5.32 Å². The molecule has 98 valence electrons. The molecule has 2 aromatic rings. The molecule has 0 aliphatic rings. The number of carbonyl (C=O) groups is 1. The maximum absolute atomic E-state index is 11.7. The van der Waals surface area contributed by atoms with Crippen LogP contribution in [0.4, 0.5) is 0 Å². The van der Waals surface area contributed by atoms with Crippen LogP contribution in [0.15, 0.2) is 53.9 Å². The first kappa shape index (κ1) is 13.6. The van der Waals surface area contributed by atoms with Gasteiger partial charge < -0.3 is 5.32 Å². The average molecular weight is 271 g/mol. The molecule has 2 rings (SSSR count). The van der Waals surface area contributed by atoms with Crippen molar-refractivity contribution in [3.63, 3.8) is 0 Å². The van der Waals surface area contributed by atoms with Crippen LogP contribution in [-0.4, -0.2) is 12.5 Å². The highest BCUT2D eigenvalue weighted by Crippen LogP contribution is 2.13. The van der Waals surface area contributed by atoms with Crippen LogP contribution >= 0.6 is 11.3 Å². The lowest BCUT2D eigenvalue weighted by atomic mass is 10.0. The number of nitrogens with one attached hydrogen (secondary N) is 1. The minimum atomic E-state index is -0.0452. The quantitative estimate of drug-likeness (QED) is 0.826. The molecule has 1 aromatic carbocycles. The van der Waals surface area contributed by atoms with E-state index in [1.807, 2.05) is 41.8 Å². The second-order valence-corrected chi connectivity index (χ2v) is 5.38. The van der Waals surface area contributed by atoms with Crippen molar-refractivity contribution in [1.29, 1.82) is 0 Å². The normalized spacial score (nSPS) is 12.5. The van der Waals surface area contributed by atoms with Crippen molar-refractivity contribution < 1.29 is 4.79 Å². The maximum atomic E-state index is 11.7. The lowest BCUT2D eigenvalue weighted by Gasteiger charge is -2.11. The van der Waals surface area contributed by atoms with Gasteiger partial charge in [0.05, 0.1) is 0 Å². The van der Waals surface area contributed by atoms with Crippen molar-refractivity contribution in [2.45, 2.75) is 12.8 Å². The second-order valence-electron chi connectivity index (χ2n) is 4.41. The Balaban J connectivity index is 1.81. The minimum Gasteiger partial charge on any atom is -0.352 e. The van der Waals surface area contributed by atoms with E-state index >= 15 is 0 Å². The van der Waals surface area contributed by atoms with Gasteiger partial charge in [0.2, 0.25) is 5.91 Å². The smallest absolute Gasteiger partial charge is 0.244 e. The summed E-state index contributed by atoms with van der Waals surface area (Å²) in [4.78, 5) is 12.8. The van der Waals surface area contributed by atoms with Gasteiger partial charge in [0.1, 0.15) is 0 Å². The molecule has 1 amide bonds. The molecule has 2 nitrogen and oxygen atoms in total. The van der Waals surface area contributed by atoms with Gasteiger partial charge in [0, 0.05) is 17.5 Å². The fourth-order valence-electron chi connectivity index (χ4n) is 1.76. The van der Waals surface area contributed by atoms with Crippen LogP contribution in [-0.2, 0) is 4.79 Å². The summed E-state index contributed by atoms with van der Waals surface area (Å²) in [6, 6.07) is 14.2. The second kappa shape index (κ2) is 6.90. The van der Waals surface area contributed by atoms with Gasteiger partial charge >= 0.3 is 0 Å². The summed E-state index contributed by atoms with van der Waals surface area (Å²) in [5.74, 6) is 0.275. The SMILES string of the molecule is C[C@@H](CNC(=O)/C=C/c1cccs1)c1ccccc1. The van der Waals surface area contributed by atoms with Gasteiger partial charge in [0.25, 0.3) is 0 Å². The standard InChI is InChI=1S/C16H17NOS/c1-13(14-6-3-2-4-7-14)12-17-16(18)10-9-15-8-5-11-19-15/h2-11,13H,12H2,1H3,(H,17,18)/b10-9+/t13-/m0/s1. The minimum absolute atomic E-state index is 0.0452. The van der Waals surface area contributed by atoms with Gasteiger partial charge in [-0.25, -0.2) is 0 Å². The van der Waals surface area contributed by atoms with Crippen LogP contribution in [0.3, 0.4) is 0 Å². The lowest BCUT2D eigenvalue weighted by Crippen LogP contribution is -2.25. The zero-order valence-electron chi connectivity index (χ0n) is 10.9. The largest absolute Gasteiger partial charge is 0.352 e. The summed E-state index contributed by atoms with van der Waals surface area (Å²) in [5.41, 5.74) is 1.24. The summed E-state index contributed by atoms with van der Waals surface area (Å²) in [6.07, 6.45) is 3.43. The summed E-state index contributed by atoms with van der Waals surface area (Å²) >= 11 is 1.62. The van der Waals surface area contributed by atoms with Crippen molar-refractivity contribution in [2.24, 2.45) is 0 Å². The predicted octanol–water partition coefficient (Wildman–Crippen LogP) is 3.68. The van der Waals surface area contributed by atoms with Gasteiger partial charge in [-0.05, 0) is 29.0 Å². The van der Waals surface area contributed by atoms with E-state index in [-0.39, 0.29) is 5.91 Å². The zero-order valence-corrected chi connectivity index (χ0v) is 11.7. The highest BCUT2D eigenvalue weighted by molar-refractivity contribution is 7.10. The van der Waals surface area contributed by atoms with Crippen molar-refractivity contribution in [3.05, 3.63) is 64.4 Å². The fraction of sp³-hybridized carbons (Fsp3) is 0.188. The molecule has 0 saturated carbocycles. The Labute approximate surface area is 117 Å². The highest BCUT2D eigenvalue weighted by atomic mass is 32.1. The number of rotatable bonds is 5. The first-order valence-corrected chi connectivity index (χ1v) is 7.18. The predicted molar refractivity (Wildman–Crippen MR) is 81.2 cm³/mol. The molecule has 0 bridgehead atoms. The van der Waals surface area contributed by atoms with Crippen molar-refractivity contribution in [2.75, 3.05) is 6.54 Å². The molecule has 0 unspecified atom stereocenters. The van der Waals surface area contributed by atoms with Crippen LogP contribution < -0.4 is 5.32 Å². The molecular formula is C16H17NOS. The number of thiophene rings is 1. The monoisotopic (exact) mass is 271 g/mol. The number of carbonyl (C=O) groups excluding carboxylic acids is 1. The Kier molecular flexibility index (Phi) is 4.93. The zero-order chi connectivity index (χ0) is 13.5. The van der Waals surface area contributed by atoms with E-state index in [4.69, 9.17) is 0 Å². The first-order chi connectivity index (χ1) is 9.25. The molecular weight excluding hydrogens is 254 g/mol. The van der Waals surface area contributed by atoms with Gasteiger partial charge in [-0.3, -0.25) is 4.79 Å². The number of hydrogen-bond acceptors (Lipinski definition) is 2. The fourth-order valence-corrected chi connectivity index (χ4v) is 2.37. The van der Waals surface area contributed by atoms with E-state index in [1.165, 1.54) is 5.56 Å². The Morgan fingerprint density at radius 3 is 2.74 bits per heavy atom. The molecule has 0 fully saturated rings. The molecule has 0 spiro atoms. The summed E-state index contributed by atoms with van der Waals surface area (Å²) in [6.45, 7) is 2.76. The molecule has 0 aliphatic heterocycles. The van der Waals surface area contributed by atoms with Crippen LogP contribution in [0, 0.1) is 0 Å². The molecule has 0 aliphatic carbocycles. The van der Waals surface area contributed by atoms with E-state index in [2.05, 4.69) is 24.4 Å². The topological polar surface area (TPSA) is 29.1 Å². The van der Waals surface area contributed by atoms with Crippen LogP contribution in [0.25, 0.3) is 6.08 Å². The van der Waals surface area contributed by atoms with E-state index in [0.29, 0.717) is 12.5 Å². The summed E-state index contributed by atoms with van der Waals surface area (Å²) in [5, 5.41) is 4.92. The third-order valence-corrected chi connectivity index (χ3v) is 3.73. The molecule has 19 heavy (non-hydrogen) atoms. The van der Waals surface area contributed by atoms with E-state index in [9.17, 15) is 4.79 Å². The van der Waals surface area contributed by atoms with Crippen LogP contribution in [0.2, 0.25) is 0 Å². The van der Waals surface area contributed by atoms with Gasteiger partial charge in [-0.2, -0.15) is 0 Å².